The SMILES string of the molecule is COc1cc2c3c(c4ccc(CO)c(CO)c4c2cc1CO)CN1CCC[C@@H]1C3. The maximum Gasteiger partial charge on any atom is 0.125 e. The van der Waals surface area contributed by atoms with Crippen molar-refractivity contribution in [2.24, 2.45) is 0 Å². The summed E-state index contributed by atoms with van der Waals surface area (Å²) in [4.78, 5) is 2.57. The first-order valence-corrected chi connectivity index (χ1v) is 10.4. The minimum absolute atomic E-state index is 0.109. The monoisotopic (exact) mass is 393 g/mol. The Morgan fingerprint density at radius 3 is 2.52 bits per heavy atom. The van der Waals surface area contributed by atoms with E-state index in [-0.39, 0.29) is 19.8 Å². The largest absolute Gasteiger partial charge is 0.496 e. The maximum atomic E-state index is 10.2. The number of aliphatic hydroxyl groups is 3. The molecule has 2 aliphatic rings. The zero-order valence-corrected chi connectivity index (χ0v) is 16.7. The highest BCUT2D eigenvalue weighted by atomic mass is 16.5. The molecule has 29 heavy (non-hydrogen) atoms. The molecule has 3 aromatic carbocycles. The lowest BCUT2D eigenvalue weighted by molar-refractivity contribution is 0.229. The first-order valence-electron chi connectivity index (χ1n) is 10.4. The topological polar surface area (TPSA) is 73.2 Å². The van der Waals surface area contributed by atoms with Gasteiger partial charge in [0.15, 0.2) is 0 Å². The predicted molar refractivity (Wildman–Crippen MR) is 113 cm³/mol. The summed E-state index contributed by atoms with van der Waals surface area (Å²) in [5, 5.41) is 34.2. The second kappa shape index (κ2) is 7.26. The number of nitrogens with zero attached hydrogens (tertiary/aromatic N) is 1. The van der Waals surface area contributed by atoms with Gasteiger partial charge in [-0.2, -0.15) is 0 Å². The standard InChI is InChI=1S/C24H27NO4/c1-29-23-9-19-18-8-16-3-2-6-25(16)10-21(18)17-5-4-14(11-26)22(13-28)24(17)20(19)7-15(23)12-27/h4-5,7,9,16,26-28H,2-3,6,8,10-13H2,1H3/t16-/m1/s1. The predicted octanol–water partition coefficient (Wildman–Crippen LogP) is 3.00. The third-order valence-electron chi connectivity index (χ3n) is 6.91. The Labute approximate surface area is 170 Å². The molecule has 1 saturated heterocycles. The van der Waals surface area contributed by atoms with Gasteiger partial charge < -0.3 is 20.1 Å². The molecule has 5 nitrogen and oxygen atoms in total. The van der Waals surface area contributed by atoms with Crippen LogP contribution in [0.15, 0.2) is 24.3 Å². The number of rotatable bonds is 4. The molecule has 3 N–H and O–H groups in total. The summed E-state index contributed by atoms with van der Waals surface area (Å²) < 4.78 is 5.58. The molecule has 2 aliphatic heterocycles. The van der Waals surface area contributed by atoms with Crippen molar-refractivity contribution < 1.29 is 20.1 Å². The van der Waals surface area contributed by atoms with E-state index in [1.165, 1.54) is 24.0 Å². The molecule has 0 bridgehead atoms. The summed E-state index contributed by atoms with van der Waals surface area (Å²) in [6.45, 7) is 1.70. The summed E-state index contributed by atoms with van der Waals surface area (Å²) in [5.41, 5.74) is 4.94. The molecule has 0 aromatic heterocycles. The first kappa shape index (κ1) is 18.8. The molecule has 0 unspecified atom stereocenters. The number of hydrogen-bond donors (Lipinski definition) is 3. The lowest BCUT2D eigenvalue weighted by Crippen LogP contribution is -2.35. The molecular formula is C24H27NO4. The number of aliphatic hydroxyl groups excluding tert-OH is 3. The van der Waals surface area contributed by atoms with Crippen LogP contribution < -0.4 is 4.74 Å². The van der Waals surface area contributed by atoms with Crippen LogP contribution in [0.5, 0.6) is 5.75 Å². The van der Waals surface area contributed by atoms with Crippen molar-refractivity contribution in [2.75, 3.05) is 13.7 Å². The number of hydrogen-bond acceptors (Lipinski definition) is 5. The number of benzene rings is 3. The summed E-state index contributed by atoms with van der Waals surface area (Å²) in [7, 11) is 1.63. The Kier molecular flexibility index (Phi) is 4.71. The van der Waals surface area contributed by atoms with E-state index in [0.717, 1.165) is 57.7 Å². The van der Waals surface area contributed by atoms with Gasteiger partial charge >= 0.3 is 0 Å². The van der Waals surface area contributed by atoms with Crippen LogP contribution >= 0.6 is 0 Å². The number of methoxy groups -OCH3 is 1. The van der Waals surface area contributed by atoms with Crippen LogP contribution in [0.25, 0.3) is 21.5 Å². The highest BCUT2D eigenvalue weighted by Crippen LogP contribution is 2.43. The minimum Gasteiger partial charge on any atom is -0.496 e. The number of fused-ring (bicyclic) bond motifs is 7. The fraction of sp³-hybridized carbons (Fsp3) is 0.417. The van der Waals surface area contributed by atoms with Crippen molar-refractivity contribution in [1.29, 1.82) is 0 Å². The molecule has 5 rings (SSSR count). The smallest absolute Gasteiger partial charge is 0.125 e. The van der Waals surface area contributed by atoms with Crippen LogP contribution in [-0.2, 0) is 32.8 Å². The van der Waals surface area contributed by atoms with Gasteiger partial charge in [0.25, 0.3) is 0 Å². The van der Waals surface area contributed by atoms with Gasteiger partial charge in [0.1, 0.15) is 5.75 Å². The van der Waals surface area contributed by atoms with E-state index >= 15 is 0 Å². The third-order valence-corrected chi connectivity index (χ3v) is 6.91. The van der Waals surface area contributed by atoms with E-state index in [1.54, 1.807) is 7.11 Å². The second-order valence-electron chi connectivity index (χ2n) is 8.24. The van der Waals surface area contributed by atoms with Crippen molar-refractivity contribution in [3.8, 4) is 5.75 Å². The van der Waals surface area contributed by atoms with E-state index in [1.807, 2.05) is 12.1 Å². The third kappa shape index (κ3) is 2.76. The Hall–Kier alpha value is -2.18. The fourth-order valence-electron chi connectivity index (χ4n) is 5.49. The van der Waals surface area contributed by atoms with Crippen molar-refractivity contribution >= 4 is 21.5 Å². The van der Waals surface area contributed by atoms with Crippen LogP contribution in [0.2, 0.25) is 0 Å². The molecule has 152 valence electrons. The van der Waals surface area contributed by atoms with Crippen molar-refractivity contribution in [2.45, 2.75) is 51.7 Å². The Morgan fingerprint density at radius 1 is 0.966 bits per heavy atom. The Bertz CT molecular complexity index is 1090. The highest BCUT2D eigenvalue weighted by Gasteiger charge is 2.32. The van der Waals surface area contributed by atoms with Gasteiger partial charge in [-0.25, -0.2) is 0 Å². The van der Waals surface area contributed by atoms with E-state index in [9.17, 15) is 15.3 Å². The summed E-state index contributed by atoms with van der Waals surface area (Å²) >= 11 is 0. The average molecular weight is 393 g/mol. The van der Waals surface area contributed by atoms with Gasteiger partial charge in [0.05, 0.1) is 26.9 Å². The highest BCUT2D eigenvalue weighted by molar-refractivity contribution is 6.13. The van der Waals surface area contributed by atoms with Crippen LogP contribution in [0.4, 0.5) is 0 Å². The second-order valence-corrected chi connectivity index (χ2v) is 8.24. The zero-order valence-electron chi connectivity index (χ0n) is 16.7. The van der Waals surface area contributed by atoms with Crippen LogP contribution in [0.1, 0.15) is 40.7 Å². The minimum atomic E-state index is -0.131. The molecule has 5 heteroatoms. The van der Waals surface area contributed by atoms with Gasteiger partial charge in [-0.15, -0.1) is 0 Å². The lowest BCUT2D eigenvalue weighted by Gasteiger charge is -2.34. The molecule has 0 spiro atoms. The molecule has 0 aliphatic carbocycles. The molecule has 1 atom stereocenters. The molecule has 0 saturated carbocycles. The van der Waals surface area contributed by atoms with Crippen molar-refractivity contribution in [3.63, 3.8) is 0 Å². The molecule has 2 heterocycles. The average Bonchev–Trinajstić information content (AvgIpc) is 3.23. The van der Waals surface area contributed by atoms with Crippen molar-refractivity contribution in [3.05, 3.63) is 52.1 Å². The molecular weight excluding hydrogens is 366 g/mol. The van der Waals surface area contributed by atoms with E-state index in [0.29, 0.717) is 11.8 Å². The fourth-order valence-corrected chi connectivity index (χ4v) is 5.49. The zero-order chi connectivity index (χ0) is 20.1. The first-order chi connectivity index (χ1) is 14.2. The normalized spacial score (nSPS) is 19.0. The molecule has 1 fully saturated rings. The van der Waals surface area contributed by atoms with Gasteiger partial charge in [0, 0.05) is 18.2 Å². The van der Waals surface area contributed by atoms with Gasteiger partial charge in [0.2, 0.25) is 0 Å². The number of ether oxygens (including phenoxy) is 1. The van der Waals surface area contributed by atoms with Gasteiger partial charge in [-0.3, -0.25) is 4.90 Å². The Balaban J connectivity index is 1.94. The summed E-state index contributed by atoms with van der Waals surface area (Å²) in [5.74, 6) is 0.694. The van der Waals surface area contributed by atoms with E-state index < -0.39 is 0 Å². The summed E-state index contributed by atoms with van der Waals surface area (Å²) in [6.07, 6.45) is 3.48. The summed E-state index contributed by atoms with van der Waals surface area (Å²) in [6, 6.07) is 8.67. The molecule has 3 aromatic rings. The van der Waals surface area contributed by atoms with Crippen LogP contribution in [-0.4, -0.2) is 39.9 Å². The van der Waals surface area contributed by atoms with Crippen LogP contribution in [0, 0.1) is 0 Å². The van der Waals surface area contributed by atoms with E-state index in [2.05, 4.69) is 17.0 Å². The lowest BCUT2D eigenvalue weighted by atomic mass is 9.82. The molecule has 0 amide bonds. The van der Waals surface area contributed by atoms with E-state index in [4.69, 9.17) is 4.74 Å². The Morgan fingerprint density at radius 2 is 1.79 bits per heavy atom. The quantitative estimate of drug-likeness (QED) is 0.595. The van der Waals surface area contributed by atoms with Gasteiger partial charge in [-0.05, 0) is 81.7 Å². The van der Waals surface area contributed by atoms with Gasteiger partial charge in [-0.1, -0.05) is 12.1 Å². The maximum absolute atomic E-state index is 10.2. The van der Waals surface area contributed by atoms with Crippen LogP contribution in [0.3, 0.4) is 0 Å². The molecule has 0 radical (unpaired) electrons. The van der Waals surface area contributed by atoms with Crippen molar-refractivity contribution in [1.82, 2.24) is 4.90 Å².